The smallest absolute Gasteiger partial charge is 0.243 e. The van der Waals surface area contributed by atoms with Crippen molar-refractivity contribution in [2.75, 3.05) is 19.4 Å². The highest BCUT2D eigenvalue weighted by Gasteiger charge is 2.30. The van der Waals surface area contributed by atoms with Crippen molar-refractivity contribution in [1.82, 2.24) is 9.29 Å². The van der Waals surface area contributed by atoms with Gasteiger partial charge in [-0.05, 0) is 37.7 Å². The van der Waals surface area contributed by atoms with E-state index in [2.05, 4.69) is 17.2 Å². The second kappa shape index (κ2) is 6.10. The molecule has 1 aromatic heterocycles. The molecule has 0 radical (unpaired) electrons. The molecule has 1 fully saturated rings. The van der Waals surface area contributed by atoms with Crippen LogP contribution in [0, 0.1) is 5.92 Å². The first kappa shape index (κ1) is 15.3. The maximum Gasteiger partial charge on any atom is 0.243 e. The third-order valence-corrected chi connectivity index (χ3v) is 6.07. The number of rotatable bonds is 4. The Kier molecular flexibility index (Phi) is 4.65. The maximum absolute atomic E-state index is 12.7. The Bertz CT molecular complexity index is 551. The van der Waals surface area contributed by atoms with Gasteiger partial charge in [0, 0.05) is 32.4 Å². The second-order valence-corrected chi connectivity index (χ2v) is 7.56. The van der Waals surface area contributed by atoms with Gasteiger partial charge in [-0.2, -0.15) is 4.31 Å². The molecule has 112 valence electrons. The van der Waals surface area contributed by atoms with E-state index in [-0.39, 0.29) is 6.04 Å². The van der Waals surface area contributed by atoms with E-state index < -0.39 is 10.0 Å². The van der Waals surface area contributed by atoms with E-state index in [1.165, 1.54) is 10.5 Å². The minimum Gasteiger partial charge on any atom is -0.373 e. The third-order valence-electron chi connectivity index (χ3n) is 4.16. The topological polar surface area (TPSA) is 62.3 Å². The van der Waals surface area contributed by atoms with Crippen molar-refractivity contribution < 1.29 is 8.42 Å². The minimum atomic E-state index is -3.44. The Morgan fingerprint density at radius 1 is 1.30 bits per heavy atom. The number of pyridine rings is 1. The van der Waals surface area contributed by atoms with Crippen molar-refractivity contribution in [2.45, 2.75) is 43.5 Å². The van der Waals surface area contributed by atoms with Crippen LogP contribution in [0.5, 0.6) is 0 Å². The molecule has 5 nitrogen and oxygen atoms in total. The lowest BCUT2D eigenvalue weighted by Crippen LogP contribution is -2.39. The molecule has 0 unspecified atom stereocenters. The Morgan fingerprint density at radius 2 is 1.95 bits per heavy atom. The van der Waals surface area contributed by atoms with E-state index in [1.807, 2.05) is 0 Å². The Balaban J connectivity index is 2.20. The van der Waals surface area contributed by atoms with Crippen LogP contribution in [0.15, 0.2) is 23.2 Å². The van der Waals surface area contributed by atoms with Crippen LogP contribution in [-0.2, 0) is 10.0 Å². The van der Waals surface area contributed by atoms with E-state index in [1.54, 1.807) is 26.2 Å². The summed E-state index contributed by atoms with van der Waals surface area (Å²) in [5, 5.41) is 2.87. The summed E-state index contributed by atoms with van der Waals surface area (Å²) in [5.74, 6) is 1.27. The first-order valence-electron chi connectivity index (χ1n) is 7.07. The van der Waals surface area contributed by atoms with Gasteiger partial charge in [-0.1, -0.05) is 6.92 Å². The summed E-state index contributed by atoms with van der Waals surface area (Å²) < 4.78 is 26.8. The molecular weight excluding hydrogens is 274 g/mol. The molecule has 1 heterocycles. The molecule has 2 rings (SSSR count). The van der Waals surface area contributed by atoms with Gasteiger partial charge in [0.2, 0.25) is 10.0 Å². The van der Waals surface area contributed by atoms with E-state index in [4.69, 9.17) is 0 Å². The maximum atomic E-state index is 12.7. The van der Waals surface area contributed by atoms with Gasteiger partial charge in [0.25, 0.3) is 0 Å². The summed E-state index contributed by atoms with van der Waals surface area (Å²) in [6.45, 7) is 2.23. The van der Waals surface area contributed by atoms with Crippen LogP contribution in [0.3, 0.4) is 0 Å². The Labute approximate surface area is 121 Å². The summed E-state index contributed by atoms with van der Waals surface area (Å²) in [6.07, 6.45) is 5.61. The summed E-state index contributed by atoms with van der Waals surface area (Å²) in [7, 11) is -0.0183. The van der Waals surface area contributed by atoms with Crippen LogP contribution < -0.4 is 5.32 Å². The fourth-order valence-electron chi connectivity index (χ4n) is 2.68. The van der Waals surface area contributed by atoms with E-state index in [0.717, 1.165) is 25.7 Å². The van der Waals surface area contributed by atoms with E-state index >= 15 is 0 Å². The lowest BCUT2D eigenvalue weighted by molar-refractivity contribution is 0.246. The van der Waals surface area contributed by atoms with Gasteiger partial charge in [0.15, 0.2) is 0 Å². The van der Waals surface area contributed by atoms with Crippen molar-refractivity contribution in [2.24, 2.45) is 5.92 Å². The first-order chi connectivity index (χ1) is 9.45. The lowest BCUT2D eigenvalue weighted by Gasteiger charge is -2.32. The quantitative estimate of drug-likeness (QED) is 0.926. The molecule has 0 saturated heterocycles. The van der Waals surface area contributed by atoms with Crippen LogP contribution in [0.4, 0.5) is 5.82 Å². The zero-order valence-electron chi connectivity index (χ0n) is 12.3. The number of anilines is 1. The molecule has 0 aromatic carbocycles. The van der Waals surface area contributed by atoms with Crippen LogP contribution in [0.1, 0.15) is 32.6 Å². The zero-order chi connectivity index (χ0) is 14.8. The van der Waals surface area contributed by atoms with Crippen molar-refractivity contribution in [3.05, 3.63) is 18.3 Å². The average molecular weight is 297 g/mol. The number of hydrogen-bond acceptors (Lipinski definition) is 4. The summed E-state index contributed by atoms with van der Waals surface area (Å²) >= 11 is 0. The largest absolute Gasteiger partial charge is 0.373 e. The fraction of sp³-hybridized carbons (Fsp3) is 0.643. The molecule has 0 amide bonds. The predicted octanol–water partition coefficient (Wildman–Crippen LogP) is 2.32. The molecule has 0 aliphatic heterocycles. The summed E-state index contributed by atoms with van der Waals surface area (Å²) in [6, 6.07) is 3.25. The van der Waals surface area contributed by atoms with E-state index in [0.29, 0.717) is 16.6 Å². The highest BCUT2D eigenvalue weighted by Crippen LogP contribution is 2.29. The molecule has 1 aromatic rings. The van der Waals surface area contributed by atoms with Gasteiger partial charge in [0.1, 0.15) is 5.82 Å². The Hall–Kier alpha value is -1.14. The van der Waals surface area contributed by atoms with Gasteiger partial charge in [-0.15, -0.1) is 0 Å². The molecule has 0 atom stereocenters. The van der Waals surface area contributed by atoms with Crippen molar-refractivity contribution in [3.63, 3.8) is 0 Å². The number of aromatic nitrogens is 1. The highest BCUT2D eigenvalue weighted by molar-refractivity contribution is 7.89. The van der Waals surface area contributed by atoms with Crippen molar-refractivity contribution >= 4 is 15.8 Å². The van der Waals surface area contributed by atoms with Crippen molar-refractivity contribution in [1.29, 1.82) is 0 Å². The third kappa shape index (κ3) is 3.12. The summed E-state index contributed by atoms with van der Waals surface area (Å²) in [4.78, 5) is 4.36. The molecule has 1 aliphatic rings. The average Bonchev–Trinajstić information content (AvgIpc) is 2.47. The van der Waals surface area contributed by atoms with Crippen molar-refractivity contribution in [3.8, 4) is 0 Å². The molecule has 1 N–H and O–H groups in total. The normalized spacial score (nSPS) is 23.8. The molecule has 1 saturated carbocycles. The monoisotopic (exact) mass is 297 g/mol. The number of hydrogen-bond donors (Lipinski definition) is 1. The fourth-order valence-corrected chi connectivity index (χ4v) is 4.11. The molecule has 0 bridgehead atoms. The van der Waals surface area contributed by atoms with Gasteiger partial charge in [-0.25, -0.2) is 13.4 Å². The van der Waals surface area contributed by atoms with E-state index in [9.17, 15) is 8.42 Å². The summed E-state index contributed by atoms with van der Waals surface area (Å²) in [5.41, 5.74) is 0. The zero-order valence-corrected chi connectivity index (χ0v) is 13.2. The second-order valence-electron chi connectivity index (χ2n) is 5.56. The number of nitrogens with zero attached hydrogens (tertiary/aromatic N) is 2. The molecular formula is C14H23N3O2S. The number of nitrogens with one attached hydrogen (secondary N) is 1. The Morgan fingerprint density at radius 3 is 2.55 bits per heavy atom. The van der Waals surface area contributed by atoms with Gasteiger partial charge < -0.3 is 5.32 Å². The van der Waals surface area contributed by atoms with Crippen LogP contribution >= 0.6 is 0 Å². The SMILES string of the molecule is CNc1cc(S(=O)(=O)N(C)C2CCC(C)CC2)ccn1. The lowest BCUT2D eigenvalue weighted by atomic mass is 9.87. The van der Waals surface area contributed by atoms with Gasteiger partial charge in [0.05, 0.1) is 4.90 Å². The predicted molar refractivity (Wildman–Crippen MR) is 80.2 cm³/mol. The van der Waals surface area contributed by atoms with Gasteiger partial charge >= 0.3 is 0 Å². The molecule has 20 heavy (non-hydrogen) atoms. The minimum absolute atomic E-state index is 0.113. The first-order valence-corrected chi connectivity index (χ1v) is 8.51. The standard InChI is InChI=1S/C14H23N3O2S/c1-11-4-6-12(7-5-11)17(3)20(18,19)13-8-9-16-14(10-13)15-2/h8-12H,4-7H2,1-3H3,(H,15,16). The molecule has 0 spiro atoms. The van der Waals surface area contributed by atoms with Crippen LogP contribution in [0.25, 0.3) is 0 Å². The molecule has 6 heteroatoms. The van der Waals surface area contributed by atoms with Crippen LogP contribution in [-0.4, -0.2) is 37.8 Å². The van der Waals surface area contributed by atoms with Crippen LogP contribution in [0.2, 0.25) is 0 Å². The number of sulfonamides is 1. The van der Waals surface area contributed by atoms with Gasteiger partial charge in [-0.3, -0.25) is 0 Å². The highest BCUT2D eigenvalue weighted by atomic mass is 32.2. The molecule has 1 aliphatic carbocycles.